The predicted molar refractivity (Wildman–Crippen MR) is 49.2 cm³/mol. The fourth-order valence-electron chi connectivity index (χ4n) is 1.11. The normalized spacial score (nSPS) is 12.7. The molecular formula is C9H14N2O. The summed E-state index contributed by atoms with van der Waals surface area (Å²) in [6.07, 6.45) is 1.26. The van der Waals surface area contributed by atoms with Gasteiger partial charge in [-0.25, -0.2) is 4.98 Å². The fourth-order valence-corrected chi connectivity index (χ4v) is 1.11. The molecule has 0 radical (unpaired) electrons. The summed E-state index contributed by atoms with van der Waals surface area (Å²) in [6, 6.07) is 3.71. The van der Waals surface area contributed by atoms with Crippen LogP contribution in [0.2, 0.25) is 0 Å². The number of pyridine rings is 1. The maximum Gasteiger partial charge on any atom is 0.133 e. The molecule has 0 aromatic carbocycles. The molecule has 1 aromatic heterocycles. The van der Waals surface area contributed by atoms with Crippen molar-refractivity contribution in [2.75, 3.05) is 19.0 Å². The molecule has 0 amide bonds. The quantitative estimate of drug-likeness (QED) is 0.717. The summed E-state index contributed by atoms with van der Waals surface area (Å²) >= 11 is 0. The molecule has 0 aliphatic carbocycles. The van der Waals surface area contributed by atoms with Gasteiger partial charge in [0.2, 0.25) is 0 Å². The van der Waals surface area contributed by atoms with Gasteiger partial charge in [-0.2, -0.15) is 0 Å². The number of nitrogens with zero attached hydrogens (tertiary/aromatic N) is 2. The van der Waals surface area contributed by atoms with Crippen LogP contribution in [0.4, 0.5) is 5.82 Å². The second-order valence-electron chi connectivity index (χ2n) is 2.99. The standard InChI is InChI=1S/C9H14N2O/c1-7(12)8-5-4-6-10-9(8)11(2)3/h4-7,12H,1-3H3/t7-/m0/s1. The molecule has 0 bridgehead atoms. The van der Waals surface area contributed by atoms with E-state index in [2.05, 4.69) is 4.98 Å². The Hall–Kier alpha value is -1.09. The Morgan fingerprint density at radius 2 is 2.17 bits per heavy atom. The number of hydrogen-bond donors (Lipinski definition) is 1. The molecule has 0 saturated heterocycles. The van der Waals surface area contributed by atoms with Crippen molar-refractivity contribution in [1.29, 1.82) is 0 Å². The van der Waals surface area contributed by atoms with Gasteiger partial charge in [0, 0.05) is 25.9 Å². The van der Waals surface area contributed by atoms with Crippen molar-refractivity contribution in [3.63, 3.8) is 0 Å². The molecule has 0 saturated carbocycles. The molecule has 1 heterocycles. The summed E-state index contributed by atoms with van der Waals surface area (Å²) in [5.74, 6) is 0.826. The molecular weight excluding hydrogens is 152 g/mol. The highest BCUT2D eigenvalue weighted by molar-refractivity contribution is 5.46. The van der Waals surface area contributed by atoms with Crippen molar-refractivity contribution in [1.82, 2.24) is 4.98 Å². The van der Waals surface area contributed by atoms with Crippen LogP contribution in [0, 0.1) is 0 Å². The lowest BCUT2D eigenvalue weighted by molar-refractivity contribution is 0.199. The SMILES string of the molecule is C[C@H](O)c1cccnc1N(C)C. The monoisotopic (exact) mass is 166 g/mol. The van der Waals surface area contributed by atoms with Crippen LogP contribution in [0.25, 0.3) is 0 Å². The summed E-state index contributed by atoms with van der Waals surface area (Å²) in [6.45, 7) is 1.74. The van der Waals surface area contributed by atoms with Gasteiger partial charge in [-0.1, -0.05) is 6.07 Å². The topological polar surface area (TPSA) is 36.4 Å². The highest BCUT2D eigenvalue weighted by Crippen LogP contribution is 2.21. The number of hydrogen-bond acceptors (Lipinski definition) is 3. The lowest BCUT2D eigenvalue weighted by Crippen LogP contribution is -2.14. The minimum absolute atomic E-state index is 0.462. The van der Waals surface area contributed by atoms with E-state index < -0.39 is 6.10 Å². The van der Waals surface area contributed by atoms with Gasteiger partial charge in [0.1, 0.15) is 5.82 Å². The Morgan fingerprint density at radius 1 is 1.50 bits per heavy atom. The zero-order chi connectivity index (χ0) is 9.14. The van der Waals surface area contributed by atoms with Gasteiger partial charge in [-0.15, -0.1) is 0 Å². The van der Waals surface area contributed by atoms with Crippen LogP contribution in [0.3, 0.4) is 0 Å². The lowest BCUT2D eigenvalue weighted by atomic mass is 10.1. The second-order valence-corrected chi connectivity index (χ2v) is 2.99. The Bertz CT molecular complexity index is 231. The minimum atomic E-state index is -0.462. The highest BCUT2D eigenvalue weighted by Gasteiger charge is 2.08. The molecule has 3 nitrogen and oxygen atoms in total. The third kappa shape index (κ3) is 1.74. The van der Waals surface area contributed by atoms with Gasteiger partial charge in [-0.3, -0.25) is 0 Å². The minimum Gasteiger partial charge on any atom is -0.389 e. The summed E-state index contributed by atoms with van der Waals surface area (Å²) in [5.41, 5.74) is 0.863. The predicted octanol–water partition coefficient (Wildman–Crippen LogP) is 1.20. The van der Waals surface area contributed by atoms with Gasteiger partial charge in [0.05, 0.1) is 6.10 Å². The number of rotatable bonds is 2. The Labute approximate surface area is 72.7 Å². The first kappa shape index (κ1) is 9.00. The Balaban J connectivity index is 3.09. The van der Waals surface area contributed by atoms with Crippen molar-refractivity contribution in [3.05, 3.63) is 23.9 Å². The maximum absolute atomic E-state index is 9.39. The van der Waals surface area contributed by atoms with Crippen LogP contribution in [-0.2, 0) is 0 Å². The number of aromatic nitrogens is 1. The largest absolute Gasteiger partial charge is 0.389 e. The molecule has 66 valence electrons. The smallest absolute Gasteiger partial charge is 0.133 e. The van der Waals surface area contributed by atoms with Crippen molar-refractivity contribution in [2.24, 2.45) is 0 Å². The summed E-state index contributed by atoms with van der Waals surface area (Å²) in [5, 5.41) is 9.39. The molecule has 1 N–H and O–H groups in total. The zero-order valence-corrected chi connectivity index (χ0v) is 7.65. The fraction of sp³-hybridized carbons (Fsp3) is 0.444. The van der Waals surface area contributed by atoms with E-state index in [0.29, 0.717) is 0 Å². The van der Waals surface area contributed by atoms with Crippen LogP contribution in [0.5, 0.6) is 0 Å². The van der Waals surface area contributed by atoms with Crippen molar-refractivity contribution >= 4 is 5.82 Å². The maximum atomic E-state index is 9.39. The molecule has 12 heavy (non-hydrogen) atoms. The van der Waals surface area contributed by atoms with E-state index in [0.717, 1.165) is 11.4 Å². The zero-order valence-electron chi connectivity index (χ0n) is 7.65. The highest BCUT2D eigenvalue weighted by atomic mass is 16.3. The van der Waals surface area contributed by atoms with Gasteiger partial charge < -0.3 is 10.0 Å². The van der Waals surface area contributed by atoms with Gasteiger partial charge in [-0.05, 0) is 13.0 Å². The number of aliphatic hydroxyl groups is 1. The van der Waals surface area contributed by atoms with E-state index in [-0.39, 0.29) is 0 Å². The lowest BCUT2D eigenvalue weighted by Gasteiger charge is -2.16. The van der Waals surface area contributed by atoms with Crippen molar-refractivity contribution < 1.29 is 5.11 Å². The Kier molecular flexibility index (Phi) is 2.65. The molecule has 0 spiro atoms. The van der Waals surface area contributed by atoms with E-state index in [1.807, 2.05) is 31.1 Å². The molecule has 3 heteroatoms. The molecule has 1 atom stereocenters. The number of aliphatic hydroxyl groups excluding tert-OH is 1. The molecule has 1 aromatic rings. The molecule has 0 fully saturated rings. The van der Waals surface area contributed by atoms with E-state index >= 15 is 0 Å². The molecule has 0 aliphatic heterocycles. The van der Waals surface area contributed by atoms with Gasteiger partial charge in [0.25, 0.3) is 0 Å². The van der Waals surface area contributed by atoms with E-state index in [4.69, 9.17) is 0 Å². The number of anilines is 1. The van der Waals surface area contributed by atoms with Crippen molar-refractivity contribution in [3.8, 4) is 0 Å². The van der Waals surface area contributed by atoms with Crippen LogP contribution in [0.1, 0.15) is 18.6 Å². The Morgan fingerprint density at radius 3 is 2.58 bits per heavy atom. The third-order valence-electron chi connectivity index (χ3n) is 1.69. The van der Waals surface area contributed by atoms with Crippen molar-refractivity contribution in [2.45, 2.75) is 13.0 Å². The third-order valence-corrected chi connectivity index (χ3v) is 1.69. The van der Waals surface area contributed by atoms with E-state index in [1.54, 1.807) is 13.1 Å². The first-order valence-corrected chi connectivity index (χ1v) is 3.93. The summed E-state index contributed by atoms with van der Waals surface area (Å²) < 4.78 is 0. The average molecular weight is 166 g/mol. The second kappa shape index (κ2) is 3.54. The van der Waals surface area contributed by atoms with E-state index in [1.165, 1.54) is 0 Å². The van der Waals surface area contributed by atoms with Crippen LogP contribution >= 0.6 is 0 Å². The molecule has 0 aliphatic rings. The first-order chi connectivity index (χ1) is 5.63. The first-order valence-electron chi connectivity index (χ1n) is 3.93. The summed E-state index contributed by atoms with van der Waals surface area (Å²) in [4.78, 5) is 6.06. The van der Waals surface area contributed by atoms with Crippen LogP contribution in [0.15, 0.2) is 18.3 Å². The van der Waals surface area contributed by atoms with Gasteiger partial charge >= 0.3 is 0 Å². The van der Waals surface area contributed by atoms with Gasteiger partial charge in [0.15, 0.2) is 0 Å². The van der Waals surface area contributed by atoms with E-state index in [9.17, 15) is 5.11 Å². The summed E-state index contributed by atoms with van der Waals surface area (Å²) in [7, 11) is 3.82. The van der Waals surface area contributed by atoms with Crippen LogP contribution in [-0.4, -0.2) is 24.2 Å². The van der Waals surface area contributed by atoms with Crippen LogP contribution < -0.4 is 4.90 Å². The average Bonchev–Trinajstić information content (AvgIpc) is 2.04. The molecule has 1 rings (SSSR count). The molecule has 0 unspecified atom stereocenters.